The first-order valence-electron chi connectivity index (χ1n) is 4.56. The van der Waals surface area contributed by atoms with Crippen molar-refractivity contribution in [2.75, 3.05) is 27.5 Å². The Kier molecular flexibility index (Phi) is 6.07. The number of cyclic esters (lactones) is 1. The molecular weight excluding hydrogens is 265 g/mol. The molecule has 0 saturated heterocycles. The molecule has 0 radical (unpaired) electrons. The van der Waals surface area contributed by atoms with E-state index in [1.807, 2.05) is 0 Å². The van der Waals surface area contributed by atoms with E-state index in [0.29, 0.717) is 0 Å². The minimum Gasteiger partial charge on any atom is -0.778 e. The number of rotatable bonds is 5. The highest BCUT2D eigenvalue weighted by atomic mass is 31.2. The van der Waals surface area contributed by atoms with Gasteiger partial charge in [0, 0.05) is 13.3 Å². The van der Waals surface area contributed by atoms with Crippen LogP contribution in [0, 0.1) is 0 Å². The van der Waals surface area contributed by atoms with Crippen molar-refractivity contribution >= 4 is 13.6 Å². The zero-order valence-corrected chi connectivity index (χ0v) is 11.5. The van der Waals surface area contributed by atoms with Crippen LogP contribution in [0.25, 0.3) is 0 Å². The van der Waals surface area contributed by atoms with Gasteiger partial charge in [-0.25, -0.2) is 4.79 Å². The van der Waals surface area contributed by atoms with E-state index in [1.165, 1.54) is 20.3 Å². The van der Waals surface area contributed by atoms with Crippen molar-refractivity contribution in [2.24, 2.45) is 0 Å². The third-order valence-corrected chi connectivity index (χ3v) is 3.19. The maximum Gasteiger partial charge on any atom is 0.383 e. The number of hydrogen-bond acceptors (Lipinski definition) is 7. The number of carbonyl (C=O) groups is 1. The Morgan fingerprint density at radius 2 is 1.83 bits per heavy atom. The fourth-order valence-electron chi connectivity index (χ4n) is 1.17. The summed E-state index contributed by atoms with van der Waals surface area (Å²) in [7, 11) is -0.291. The number of allylic oxidation sites excluding steroid dienone is 1. The predicted octanol–water partition coefficient (Wildman–Crippen LogP) is 0.507. The second-order valence-corrected chi connectivity index (χ2v) is 4.95. The summed E-state index contributed by atoms with van der Waals surface area (Å²) in [5, 5.41) is 0. The normalized spacial score (nSPS) is 20.2. The summed E-state index contributed by atoms with van der Waals surface area (Å²) < 4.78 is 29.9. The molecule has 1 unspecified atom stereocenters. The van der Waals surface area contributed by atoms with Gasteiger partial charge in [0.05, 0.1) is 14.2 Å². The fraction of sp³-hybridized carbons (Fsp3) is 0.444. The van der Waals surface area contributed by atoms with E-state index in [1.54, 1.807) is 0 Å². The molecule has 0 spiro atoms. The van der Waals surface area contributed by atoms with Crippen LogP contribution in [0.2, 0.25) is 0 Å². The minimum atomic E-state index is -3.95. The van der Waals surface area contributed by atoms with Crippen LogP contribution in [0.3, 0.4) is 0 Å². The largest absolute Gasteiger partial charge is 0.778 e. The van der Waals surface area contributed by atoms with E-state index in [4.69, 9.17) is 14.2 Å². The Morgan fingerprint density at radius 1 is 1.28 bits per heavy atom. The van der Waals surface area contributed by atoms with Gasteiger partial charge in [0.25, 0.3) is 5.76 Å². The molecule has 18 heavy (non-hydrogen) atoms. The summed E-state index contributed by atoms with van der Waals surface area (Å²) >= 11 is 0. The lowest BCUT2D eigenvalue weighted by atomic mass is 10.3. The van der Waals surface area contributed by atoms with E-state index in [-0.39, 0.29) is 23.4 Å². The lowest BCUT2D eigenvalue weighted by Gasteiger charge is -2.18. The zero-order valence-electron chi connectivity index (χ0n) is 10.6. The topological polar surface area (TPSA) is 131 Å². The lowest BCUT2D eigenvalue weighted by molar-refractivity contribution is -0.195. The molecule has 0 aromatic rings. The van der Waals surface area contributed by atoms with E-state index in [0.717, 1.165) is 7.11 Å². The Hall–Kier alpha value is -1.34. The molecule has 0 fully saturated rings. The highest BCUT2D eigenvalue weighted by Gasteiger charge is 2.32. The molecular formula is C9H16NO7P. The summed E-state index contributed by atoms with van der Waals surface area (Å²) in [6, 6.07) is 0. The minimum absolute atomic E-state index is 0. The first kappa shape index (κ1) is 16.7. The van der Waals surface area contributed by atoms with Gasteiger partial charge in [0.1, 0.15) is 7.60 Å². The van der Waals surface area contributed by atoms with Crippen molar-refractivity contribution in [3.05, 3.63) is 23.4 Å². The molecule has 104 valence electrons. The molecule has 1 heterocycles. The summed E-state index contributed by atoms with van der Waals surface area (Å²) in [5.41, 5.74) is 0. The van der Waals surface area contributed by atoms with Crippen molar-refractivity contribution in [1.29, 1.82) is 0 Å². The van der Waals surface area contributed by atoms with Crippen LogP contribution in [0.5, 0.6) is 0 Å². The fourth-order valence-corrected chi connectivity index (χ4v) is 1.71. The van der Waals surface area contributed by atoms with Crippen molar-refractivity contribution in [2.45, 2.75) is 0 Å². The van der Waals surface area contributed by atoms with Gasteiger partial charge in [-0.15, -0.1) is 0 Å². The third-order valence-electron chi connectivity index (χ3n) is 2.00. The first-order valence-corrected chi connectivity index (χ1v) is 6.28. The number of methoxy groups -OCH3 is 2. The average molecular weight is 281 g/mol. The number of esters is 1. The Labute approximate surface area is 104 Å². The summed E-state index contributed by atoms with van der Waals surface area (Å²) in [6.07, 6.45) is 0.774. The van der Waals surface area contributed by atoms with Gasteiger partial charge in [-0.3, -0.25) is 0 Å². The van der Waals surface area contributed by atoms with Crippen molar-refractivity contribution in [3.63, 3.8) is 0 Å². The third kappa shape index (κ3) is 3.58. The molecule has 1 rings (SSSR count). The van der Waals surface area contributed by atoms with Gasteiger partial charge >= 0.3 is 5.97 Å². The van der Waals surface area contributed by atoms with Gasteiger partial charge in [-0.1, -0.05) is 0 Å². The van der Waals surface area contributed by atoms with Crippen LogP contribution in [-0.2, 0) is 28.1 Å². The lowest BCUT2D eigenvalue weighted by Crippen LogP contribution is -2.06. The highest BCUT2D eigenvalue weighted by molar-refractivity contribution is 7.51. The van der Waals surface area contributed by atoms with Crippen LogP contribution in [0.15, 0.2) is 23.4 Å². The summed E-state index contributed by atoms with van der Waals surface area (Å²) in [5.74, 6) is -0.762. The van der Waals surface area contributed by atoms with Gasteiger partial charge in [-0.05, 0) is 6.08 Å². The molecule has 1 aliphatic heterocycles. The van der Waals surface area contributed by atoms with Crippen molar-refractivity contribution in [3.8, 4) is 0 Å². The van der Waals surface area contributed by atoms with E-state index < -0.39 is 19.7 Å². The number of hydrogen-bond donors (Lipinski definition) is 1. The SMILES string of the molecule is COC1=C(OC)/C(=C/CP(=O)([O-])OC)OC1=O.[NH4+]. The maximum absolute atomic E-state index is 11.3. The smallest absolute Gasteiger partial charge is 0.383 e. The monoisotopic (exact) mass is 281 g/mol. The first-order chi connectivity index (χ1) is 7.95. The maximum atomic E-state index is 11.3. The average Bonchev–Trinajstić information content (AvgIpc) is 2.62. The van der Waals surface area contributed by atoms with E-state index in [9.17, 15) is 14.3 Å². The van der Waals surface area contributed by atoms with Crippen LogP contribution in [-0.4, -0.2) is 33.5 Å². The molecule has 9 heteroatoms. The van der Waals surface area contributed by atoms with Crippen LogP contribution < -0.4 is 11.0 Å². The molecule has 0 aromatic carbocycles. The molecule has 1 aliphatic rings. The molecule has 0 amide bonds. The highest BCUT2D eigenvalue weighted by Crippen LogP contribution is 2.37. The zero-order chi connectivity index (χ0) is 13.1. The Morgan fingerprint density at radius 3 is 2.28 bits per heavy atom. The van der Waals surface area contributed by atoms with Gasteiger partial charge in [0.2, 0.25) is 5.76 Å². The molecule has 0 aromatic heterocycles. The summed E-state index contributed by atoms with van der Waals surface area (Å²) in [4.78, 5) is 22.4. The Balaban J connectivity index is 0.00000289. The van der Waals surface area contributed by atoms with Gasteiger partial charge < -0.3 is 34.3 Å². The molecule has 1 atom stereocenters. The standard InChI is InChI=1S/C9H13O7P.H3N/c1-13-7-6(4-5-17(11,12)15-3)16-9(10)8(7)14-2;/h4H,5H2,1-3H3,(H,11,12);1H3/b6-4-;. The van der Waals surface area contributed by atoms with Gasteiger partial charge in [-0.2, -0.15) is 0 Å². The molecule has 8 nitrogen and oxygen atoms in total. The second-order valence-electron chi connectivity index (χ2n) is 3.00. The summed E-state index contributed by atoms with van der Waals surface area (Å²) in [6.45, 7) is 0. The van der Waals surface area contributed by atoms with Crippen LogP contribution in [0.1, 0.15) is 0 Å². The van der Waals surface area contributed by atoms with Crippen molar-refractivity contribution in [1.82, 2.24) is 6.15 Å². The van der Waals surface area contributed by atoms with E-state index >= 15 is 0 Å². The van der Waals surface area contributed by atoms with Gasteiger partial charge in [0.15, 0.2) is 5.76 Å². The molecule has 0 bridgehead atoms. The second kappa shape index (κ2) is 6.55. The predicted molar refractivity (Wildman–Crippen MR) is 60.7 cm³/mol. The molecule has 4 N–H and O–H groups in total. The quantitative estimate of drug-likeness (QED) is 0.573. The molecule has 0 saturated carbocycles. The Bertz CT molecular complexity index is 429. The number of carbonyl (C=O) groups excluding carboxylic acids is 1. The number of ether oxygens (including phenoxy) is 3. The van der Waals surface area contributed by atoms with Crippen molar-refractivity contribution < 1.29 is 33.0 Å². The van der Waals surface area contributed by atoms with Crippen LogP contribution in [0.4, 0.5) is 0 Å². The number of quaternary nitrogens is 1. The van der Waals surface area contributed by atoms with E-state index in [2.05, 4.69) is 4.52 Å². The van der Waals surface area contributed by atoms with Crippen LogP contribution >= 0.6 is 7.60 Å². The molecule has 0 aliphatic carbocycles.